The van der Waals surface area contributed by atoms with Gasteiger partial charge >= 0.3 is 0 Å². The average molecular weight is 217 g/mol. The zero-order chi connectivity index (χ0) is 11.4. The highest BCUT2D eigenvalue weighted by Gasteiger charge is 2.01. The van der Waals surface area contributed by atoms with Gasteiger partial charge in [-0.3, -0.25) is 0 Å². The van der Waals surface area contributed by atoms with Crippen molar-refractivity contribution < 1.29 is 9.47 Å². The van der Waals surface area contributed by atoms with Crippen molar-refractivity contribution in [3.63, 3.8) is 0 Å². The van der Waals surface area contributed by atoms with Crippen LogP contribution in [-0.2, 0) is 9.47 Å². The zero-order valence-electron chi connectivity index (χ0n) is 10.6. The summed E-state index contributed by atoms with van der Waals surface area (Å²) in [6.07, 6.45) is 2.44. The molecule has 0 amide bonds. The van der Waals surface area contributed by atoms with Gasteiger partial charge in [0.1, 0.15) is 0 Å². The Morgan fingerprint density at radius 3 is 1.87 bits per heavy atom. The highest BCUT2D eigenvalue weighted by atomic mass is 16.5. The van der Waals surface area contributed by atoms with Crippen molar-refractivity contribution >= 4 is 0 Å². The van der Waals surface area contributed by atoms with E-state index in [1.165, 1.54) is 25.9 Å². The molecule has 0 aliphatic heterocycles. The molecule has 0 saturated carbocycles. The molecule has 0 spiro atoms. The van der Waals surface area contributed by atoms with Gasteiger partial charge in [0, 0.05) is 13.2 Å². The summed E-state index contributed by atoms with van der Waals surface area (Å²) in [6, 6.07) is 0. The summed E-state index contributed by atoms with van der Waals surface area (Å²) < 4.78 is 10.7. The number of ether oxygens (including phenoxy) is 2. The van der Waals surface area contributed by atoms with E-state index < -0.39 is 0 Å². The van der Waals surface area contributed by atoms with Gasteiger partial charge in [-0.1, -0.05) is 13.8 Å². The van der Waals surface area contributed by atoms with Crippen LogP contribution in [0.4, 0.5) is 0 Å². The third kappa shape index (κ3) is 10.2. The smallest absolute Gasteiger partial charge is 0.0701 e. The van der Waals surface area contributed by atoms with Crippen LogP contribution < -0.4 is 0 Å². The molecule has 0 aliphatic rings. The largest absolute Gasteiger partial charge is 0.379 e. The molecule has 0 atom stereocenters. The van der Waals surface area contributed by atoms with Gasteiger partial charge in [0.15, 0.2) is 0 Å². The van der Waals surface area contributed by atoms with Crippen molar-refractivity contribution in [3.8, 4) is 0 Å². The topological polar surface area (TPSA) is 21.7 Å². The van der Waals surface area contributed by atoms with E-state index in [1.54, 1.807) is 0 Å². The van der Waals surface area contributed by atoms with Gasteiger partial charge < -0.3 is 14.4 Å². The minimum absolute atomic E-state index is 0.720. The van der Waals surface area contributed by atoms with E-state index in [0.717, 1.165) is 33.0 Å². The molecule has 0 aromatic heterocycles. The Hall–Kier alpha value is -0.120. The van der Waals surface area contributed by atoms with E-state index in [-0.39, 0.29) is 0 Å². The third-order valence-electron chi connectivity index (χ3n) is 2.21. The fraction of sp³-hybridized carbons (Fsp3) is 1.00. The average Bonchev–Trinajstić information content (AvgIpc) is 2.24. The first-order chi connectivity index (χ1) is 7.35. The van der Waals surface area contributed by atoms with Crippen LogP contribution in [-0.4, -0.2) is 51.0 Å². The van der Waals surface area contributed by atoms with Crippen LogP contribution >= 0.6 is 0 Å². The van der Waals surface area contributed by atoms with E-state index in [4.69, 9.17) is 9.47 Å². The van der Waals surface area contributed by atoms with Crippen LogP contribution in [0.2, 0.25) is 0 Å². The van der Waals surface area contributed by atoms with Crippen molar-refractivity contribution in [2.45, 2.75) is 33.6 Å². The van der Waals surface area contributed by atoms with Gasteiger partial charge in [0.2, 0.25) is 0 Å². The predicted octanol–water partition coefficient (Wildman–Crippen LogP) is 2.16. The number of hydrogen-bond acceptors (Lipinski definition) is 3. The maximum Gasteiger partial charge on any atom is 0.0701 e. The van der Waals surface area contributed by atoms with Crippen molar-refractivity contribution in [3.05, 3.63) is 0 Å². The Morgan fingerprint density at radius 1 is 0.733 bits per heavy atom. The second-order valence-corrected chi connectivity index (χ2v) is 3.65. The lowest BCUT2D eigenvalue weighted by Crippen LogP contribution is -2.29. The van der Waals surface area contributed by atoms with Crippen LogP contribution in [0.15, 0.2) is 0 Å². The second kappa shape index (κ2) is 12.0. The fourth-order valence-electron chi connectivity index (χ4n) is 1.53. The maximum atomic E-state index is 5.49. The molecular weight excluding hydrogens is 190 g/mol. The summed E-state index contributed by atoms with van der Waals surface area (Å²) in [5.41, 5.74) is 0. The molecule has 0 fully saturated rings. The molecule has 15 heavy (non-hydrogen) atoms. The molecule has 0 radical (unpaired) electrons. The molecule has 0 aromatic carbocycles. The molecule has 0 unspecified atom stereocenters. The Bertz CT molecular complexity index is 114. The first-order valence-electron chi connectivity index (χ1n) is 6.22. The summed E-state index contributed by atoms with van der Waals surface area (Å²) in [4.78, 5) is 2.46. The lowest BCUT2D eigenvalue weighted by Gasteiger charge is -2.20. The highest BCUT2D eigenvalue weighted by molar-refractivity contribution is 4.54. The molecular formula is C12H27NO2. The first kappa shape index (κ1) is 14.9. The van der Waals surface area contributed by atoms with Gasteiger partial charge in [-0.25, -0.2) is 0 Å². The molecule has 3 heteroatoms. The molecule has 0 aromatic rings. The van der Waals surface area contributed by atoms with E-state index in [0.29, 0.717) is 0 Å². The van der Waals surface area contributed by atoms with Crippen LogP contribution in [0.1, 0.15) is 33.6 Å². The van der Waals surface area contributed by atoms with Crippen molar-refractivity contribution in [1.29, 1.82) is 0 Å². The minimum Gasteiger partial charge on any atom is -0.379 e. The normalized spacial score (nSPS) is 11.2. The van der Waals surface area contributed by atoms with E-state index in [2.05, 4.69) is 18.7 Å². The lowest BCUT2D eigenvalue weighted by molar-refractivity contribution is 0.0428. The van der Waals surface area contributed by atoms with Gasteiger partial charge in [-0.05, 0) is 32.9 Å². The quantitative estimate of drug-likeness (QED) is 0.495. The Morgan fingerprint density at radius 2 is 1.33 bits per heavy atom. The summed E-state index contributed by atoms with van der Waals surface area (Å²) in [6.45, 7) is 12.9. The van der Waals surface area contributed by atoms with Crippen LogP contribution in [0.5, 0.6) is 0 Å². The number of hydrogen-bond donors (Lipinski definition) is 0. The third-order valence-corrected chi connectivity index (χ3v) is 2.21. The van der Waals surface area contributed by atoms with Gasteiger partial charge in [0.05, 0.1) is 19.8 Å². The Kier molecular flexibility index (Phi) is 11.9. The van der Waals surface area contributed by atoms with Gasteiger partial charge in [-0.15, -0.1) is 0 Å². The second-order valence-electron chi connectivity index (χ2n) is 3.65. The number of rotatable bonds is 11. The standard InChI is InChI=1S/C12H27NO2/c1-4-7-13(8-5-2)9-10-15-12-11-14-6-3/h4-12H2,1-3H3. The number of nitrogens with zero attached hydrogens (tertiary/aromatic N) is 1. The molecule has 0 heterocycles. The summed E-state index contributed by atoms with van der Waals surface area (Å²) in [5.74, 6) is 0. The van der Waals surface area contributed by atoms with Crippen molar-refractivity contribution in [2.75, 3.05) is 46.1 Å². The molecule has 0 rings (SSSR count). The molecule has 3 nitrogen and oxygen atoms in total. The summed E-state index contributed by atoms with van der Waals surface area (Å²) in [5, 5.41) is 0. The SMILES string of the molecule is CCCN(CCC)CCOCCOCC. The highest BCUT2D eigenvalue weighted by Crippen LogP contribution is 1.93. The van der Waals surface area contributed by atoms with E-state index in [1.807, 2.05) is 6.92 Å². The molecule has 0 N–H and O–H groups in total. The van der Waals surface area contributed by atoms with Crippen molar-refractivity contribution in [1.82, 2.24) is 4.90 Å². The van der Waals surface area contributed by atoms with Crippen LogP contribution in [0, 0.1) is 0 Å². The van der Waals surface area contributed by atoms with E-state index in [9.17, 15) is 0 Å². The molecule has 0 aliphatic carbocycles. The maximum absolute atomic E-state index is 5.49. The van der Waals surface area contributed by atoms with Crippen molar-refractivity contribution in [2.24, 2.45) is 0 Å². The molecule has 0 bridgehead atoms. The predicted molar refractivity (Wildman–Crippen MR) is 64.3 cm³/mol. The van der Waals surface area contributed by atoms with Gasteiger partial charge in [0.25, 0.3) is 0 Å². The lowest BCUT2D eigenvalue weighted by atomic mass is 10.3. The molecule has 92 valence electrons. The van der Waals surface area contributed by atoms with Crippen LogP contribution in [0.3, 0.4) is 0 Å². The Labute approximate surface area is 94.7 Å². The van der Waals surface area contributed by atoms with E-state index >= 15 is 0 Å². The monoisotopic (exact) mass is 217 g/mol. The zero-order valence-corrected chi connectivity index (χ0v) is 10.6. The Balaban J connectivity index is 3.28. The summed E-state index contributed by atoms with van der Waals surface area (Å²) in [7, 11) is 0. The molecule has 0 saturated heterocycles. The minimum atomic E-state index is 0.720. The summed E-state index contributed by atoms with van der Waals surface area (Å²) >= 11 is 0. The van der Waals surface area contributed by atoms with Crippen LogP contribution in [0.25, 0.3) is 0 Å². The van der Waals surface area contributed by atoms with Gasteiger partial charge in [-0.2, -0.15) is 0 Å². The first-order valence-corrected chi connectivity index (χ1v) is 6.22. The fourth-order valence-corrected chi connectivity index (χ4v) is 1.53.